The number of carbonyl (C=O) groups is 2. The van der Waals surface area contributed by atoms with Gasteiger partial charge in [0.05, 0.1) is 23.3 Å². The van der Waals surface area contributed by atoms with Gasteiger partial charge in [-0.15, -0.1) is 0 Å². The number of aryl methyl sites for hydroxylation is 1. The number of imidazole rings is 1. The van der Waals surface area contributed by atoms with E-state index >= 15 is 0 Å². The van der Waals surface area contributed by atoms with Crippen LogP contribution in [0.1, 0.15) is 40.0 Å². The summed E-state index contributed by atoms with van der Waals surface area (Å²) in [6.45, 7) is 2.40. The van der Waals surface area contributed by atoms with E-state index < -0.39 is 28.9 Å². The highest BCUT2D eigenvalue weighted by Crippen LogP contribution is 2.38. The molecule has 2 aromatic carbocycles. The van der Waals surface area contributed by atoms with E-state index in [9.17, 15) is 22.4 Å². The van der Waals surface area contributed by atoms with E-state index in [1.807, 2.05) is 0 Å². The Morgan fingerprint density at radius 1 is 1.22 bits per heavy atom. The Balaban J connectivity index is 0.00000115. The number of halogens is 4. The van der Waals surface area contributed by atoms with E-state index in [1.165, 1.54) is 29.1 Å². The number of nitrogens with one attached hydrogen (secondary N) is 1. The maximum absolute atomic E-state index is 14.6. The van der Waals surface area contributed by atoms with Crippen LogP contribution in [-0.4, -0.2) is 46.8 Å². The first-order chi connectivity index (χ1) is 17.1. The number of rotatable bonds is 5. The normalized spacial score (nSPS) is 14.9. The molecule has 1 saturated heterocycles. The van der Waals surface area contributed by atoms with Crippen molar-refractivity contribution in [3.8, 4) is 5.69 Å². The van der Waals surface area contributed by atoms with Crippen LogP contribution in [0.3, 0.4) is 0 Å². The molecule has 4 rings (SSSR count). The minimum Gasteiger partial charge on any atom is -0.483 e. The molecule has 0 atom stereocenters. The van der Waals surface area contributed by atoms with Crippen LogP contribution >= 0.6 is 0 Å². The van der Waals surface area contributed by atoms with Gasteiger partial charge in [0, 0.05) is 36.9 Å². The summed E-state index contributed by atoms with van der Waals surface area (Å²) in [6.07, 6.45) is -0.387. The smallest absolute Gasteiger partial charge is 0.416 e. The third-order valence-electron chi connectivity index (χ3n) is 6.04. The van der Waals surface area contributed by atoms with Crippen molar-refractivity contribution >= 4 is 12.4 Å². The predicted octanol–water partition coefficient (Wildman–Crippen LogP) is 4.52. The number of nitrogens with zero attached hydrogens (tertiary/aromatic N) is 2. The number of amides is 1. The molecule has 192 valence electrons. The lowest BCUT2D eigenvalue weighted by Crippen LogP contribution is -2.44. The molecule has 1 amide bonds. The molecule has 0 aliphatic carbocycles. The van der Waals surface area contributed by atoms with Crippen molar-refractivity contribution < 1.29 is 37.0 Å². The molecular weight excluding hydrogens is 482 g/mol. The Morgan fingerprint density at radius 3 is 2.50 bits per heavy atom. The summed E-state index contributed by atoms with van der Waals surface area (Å²) < 4.78 is 61.3. The summed E-state index contributed by atoms with van der Waals surface area (Å²) in [5, 5.41) is 9.68. The Hall–Kier alpha value is -3.73. The molecule has 0 bridgehead atoms. The average molecular weight is 507 g/mol. The van der Waals surface area contributed by atoms with Crippen LogP contribution in [0.4, 0.5) is 17.6 Å². The molecule has 0 spiro atoms. The standard InChI is InChI=1S/C24H23F4N3O2.CH2O2/c1-16-13-31(15-30-16)21-6-5-17(11-20(21)25)22(32)29-14-23(7-9-33-10-8-23)18-3-2-4-19(12-18)24(26,27)28;2-1-3/h2-6,11-13,15H,7-10,14H2,1H3,(H,29,32);1H,(H,2,3). The number of ether oxygens (including phenoxy) is 1. The number of carbonyl (C=O) groups excluding carboxylic acids is 1. The molecule has 1 aliphatic heterocycles. The number of aromatic nitrogens is 2. The van der Waals surface area contributed by atoms with Gasteiger partial charge in [-0.05, 0) is 49.6 Å². The molecule has 7 nitrogen and oxygen atoms in total. The summed E-state index contributed by atoms with van der Waals surface area (Å²) in [7, 11) is 0. The van der Waals surface area contributed by atoms with E-state index in [0.29, 0.717) is 31.6 Å². The summed E-state index contributed by atoms with van der Waals surface area (Å²) in [4.78, 5) is 25.2. The number of benzene rings is 2. The van der Waals surface area contributed by atoms with Crippen molar-refractivity contribution in [1.82, 2.24) is 14.9 Å². The summed E-state index contributed by atoms with van der Waals surface area (Å²) in [5.41, 5.74) is 0.175. The molecule has 0 radical (unpaired) electrons. The van der Waals surface area contributed by atoms with Gasteiger partial charge in [0.25, 0.3) is 12.4 Å². The SMILES string of the molecule is Cc1cn(-c2ccc(C(=O)NCC3(c4cccc(C(F)(F)F)c4)CCOCC3)cc2F)cn1.O=CO. The highest BCUT2D eigenvalue weighted by molar-refractivity contribution is 5.94. The predicted molar refractivity (Wildman–Crippen MR) is 122 cm³/mol. The Labute approximate surface area is 204 Å². The topological polar surface area (TPSA) is 93.5 Å². The number of alkyl halides is 3. The number of carboxylic acid groups (broad SMARTS) is 1. The molecule has 2 N–H and O–H groups in total. The van der Waals surface area contributed by atoms with Crippen LogP contribution < -0.4 is 5.32 Å². The molecular formula is C25H25F4N3O4. The van der Waals surface area contributed by atoms with Crippen molar-refractivity contribution in [2.75, 3.05) is 19.8 Å². The second-order valence-electron chi connectivity index (χ2n) is 8.35. The zero-order valence-electron chi connectivity index (χ0n) is 19.4. The van der Waals surface area contributed by atoms with Crippen LogP contribution in [-0.2, 0) is 21.1 Å². The second kappa shape index (κ2) is 11.3. The second-order valence-corrected chi connectivity index (χ2v) is 8.35. The van der Waals surface area contributed by atoms with Crippen LogP contribution in [0.25, 0.3) is 5.69 Å². The molecule has 0 saturated carbocycles. The molecule has 1 aromatic heterocycles. The lowest BCUT2D eigenvalue weighted by molar-refractivity contribution is -0.137. The Morgan fingerprint density at radius 2 is 1.92 bits per heavy atom. The van der Waals surface area contributed by atoms with Gasteiger partial charge in [0.15, 0.2) is 0 Å². The lowest BCUT2D eigenvalue weighted by atomic mass is 9.73. The molecule has 2 heterocycles. The van der Waals surface area contributed by atoms with Crippen molar-refractivity contribution in [2.24, 2.45) is 0 Å². The van der Waals surface area contributed by atoms with Crippen LogP contribution in [0.15, 0.2) is 55.0 Å². The van der Waals surface area contributed by atoms with E-state index in [-0.39, 0.29) is 24.3 Å². The fraction of sp³-hybridized carbons (Fsp3) is 0.320. The first-order valence-corrected chi connectivity index (χ1v) is 11.0. The average Bonchev–Trinajstić information content (AvgIpc) is 3.29. The van der Waals surface area contributed by atoms with Crippen molar-refractivity contribution in [3.05, 3.63) is 83.2 Å². The van der Waals surface area contributed by atoms with E-state index in [2.05, 4.69) is 10.3 Å². The zero-order valence-corrected chi connectivity index (χ0v) is 19.4. The largest absolute Gasteiger partial charge is 0.483 e. The maximum Gasteiger partial charge on any atom is 0.416 e. The van der Waals surface area contributed by atoms with E-state index in [4.69, 9.17) is 14.6 Å². The first-order valence-electron chi connectivity index (χ1n) is 11.0. The third-order valence-corrected chi connectivity index (χ3v) is 6.04. The van der Waals surface area contributed by atoms with Gasteiger partial charge in [-0.1, -0.05) is 18.2 Å². The molecule has 11 heteroatoms. The van der Waals surface area contributed by atoms with Crippen LogP contribution in [0, 0.1) is 12.7 Å². The lowest BCUT2D eigenvalue weighted by Gasteiger charge is -2.38. The van der Waals surface area contributed by atoms with Gasteiger partial charge in [0.2, 0.25) is 0 Å². The molecule has 1 fully saturated rings. The van der Waals surface area contributed by atoms with Crippen molar-refractivity contribution in [1.29, 1.82) is 0 Å². The van der Waals surface area contributed by atoms with Gasteiger partial charge in [0.1, 0.15) is 5.82 Å². The summed E-state index contributed by atoms with van der Waals surface area (Å²) in [5.74, 6) is -1.08. The quantitative estimate of drug-likeness (QED) is 0.391. The van der Waals surface area contributed by atoms with Crippen molar-refractivity contribution in [3.63, 3.8) is 0 Å². The highest BCUT2D eigenvalue weighted by atomic mass is 19.4. The summed E-state index contributed by atoms with van der Waals surface area (Å²) >= 11 is 0. The van der Waals surface area contributed by atoms with E-state index in [0.717, 1.165) is 23.9 Å². The number of hydrogen-bond donors (Lipinski definition) is 2. The first kappa shape index (κ1) is 26.9. The molecule has 0 unspecified atom stereocenters. The van der Waals surface area contributed by atoms with Gasteiger partial charge in [-0.25, -0.2) is 9.37 Å². The minimum atomic E-state index is -4.46. The maximum atomic E-state index is 14.6. The molecule has 36 heavy (non-hydrogen) atoms. The summed E-state index contributed by atoms with van der Waals surface area (Å²) in [6, 6.07) is 9.32. The van der Waals surface area contributed by atoms with Gasteiger partial charge in [-0.2, -0.15) is 13.2 Å². The van der Waals surface area contributed by atoms with Crippen LogP contribution in [0.5, 0.6) is 0 Å². The van der Waals surface area contributed by atoms with Gasteiger partial charge in [-0.3, -0.25) is 9.59 Å². The highest BCUT2D eigenvalue weighted by Gasteiger charge is 2.37. The fourth-order valence-corrected chi connectivity index (χ4v) is 4.12. The van der Waals surface area contributed by atoms with Gasteiger partial charge < -0.3 is 19.7 Å². The monoisotopic (exact) mass is 507 g/mol. The zero-order chi connectivity index (χ0) is 26.3. The Kier molecular flexibility index (Phi) is 8.46. The van der Waals surface area contributed by atoms with Crippen LogP contribution in [0.2, 0.25) is 0 Å². The van der Waals surface area contributed by atoms with Crippen molar-refractivity contribution in [2.45, 2.75) is 31.4 Å². The van der Waals surface area contributed by atoms with Gasteiger partial charge >= 0.3 is 6.18 Å². The molecule has 3 aromatic rings. The van der Waals surface area contributed by atoms with E-state index in [1.54, 1.807) is 19.2 Å². The third kappa shape index (κ3) is 6.28. The molecule has 1 aliphatic rings. The minimum absolute atomic E-state index is 0.112. The fourth-order valence-electron chi connectivity index (χ4n) is 4.12. The number of hydrogen-bond acceptors (Lipinski definition) is 4. The Bertz CT molecular complexity index is 1200.